The molecule has 0 aliphatic carbocycles. The average Bonchev–Trinajstić information content (AvgIpc) is 3.10. The third-order valence-electron chi connectivity index (χ3n) is 4.14. The molecule has 2 heterocycles. The van der Waals surface area contributed by atoms with Gasteiger partial charge in [-0.2, -0.15) is 0 Å². The van der Waals surface area contributed by atoms with E-state index in [0.29, 0.717) is 38.7 Å². The zero-order chi connectivity index (χ0) is 18.9. The molecule has 1 aromatic heterocycles. The van der Waals surface area contributed by atoms with Crippen LogP contribution in [0.1, 0.15) is 5.56 Å². The molecule has 1 aliphatic heterocycles. The van der Waals surface area contributed by atoms with E-state index in [1.165, 1.54) is 17.3 Å². The van der Waals surface area contributed by atoms with Gasteiger partial charge in [0.05, 0.1) is 32.1 Å². The summed E-state index contributed by atoms with van der Waals surface area (Å²) in [6.45, 7) is 4.61. The van der Waals surface area contributed by atoms with Gasteiger partial charge in [-0.3, -0.25) is 9.36 Å². The fourth-order valence-electron chi connectivity index (χ4n) is 2.76. The van der Waals surface area contributed by atoms with Crippen molar-refractivity contribution in [1.82, 2.24) is 20.1 Å². The summed E-state index contributed by atoms with van der Waals surface area (Å²) in [5.74, 6) is 1.07. The Bertz CT molecular complexity index is 719. The second-order valence-electron chi connectivity index (χ2n) is 6.09. The van der Waals surface area contributed by atoms with Crippen LogP contribution in [0.15, 0.2) is 35.5 Å². The minimum atomic E-state index is -0.0424. The number of nitrogens with one attached hydrogen (secondary N) is 1. The number of morpholine rings is 1. The van der Waals surface area contributed by atoms with Crippen molar-refractivity contribution in [3.05, 3.63) is 35.9 Å². The van der Waals surface area contributed by atoms with Crippen molar-refractivity contribution in [2.75, 3.05) is 57.2 Å². The third-order valence-corrected chi connectivity index (χ3v) is 5.10. The first-order chi connectivity index (χ1) is 13.3. The Morgan fingerprint density at radius 3 is 2.78 bits per heavy atom. The molecule has 1 saturated heterocycles. The molecule has 0 saturated carbocycles. The topological polar surface area (TPSA) is 81.5 Å². The zero-order valence-corrected chi connectivity index (χ0v) is 16.3. The van der Waals surface area contributed by atoms with E-state index in [2.05, 4.69) is 37.1 Å². The van der Waals surface area contributed by atoms with Gasteiger partial charge in [0.25, 0.3) is 0 Å². The van der Waals surface area contributed by atoms with Crippen LogP contribution in [0, 0.1) is 0 Å². The lowest BCUT2D eigenvalue weighted by Crippen LogP contribution is -2.38. The van der Waals surface area contributed by atoms with E-state index in [4.69, 9.17) is 9.47 Å². The van der Waals surface area contributed by atoms with Crippen LogP contribution >= 0.6 is 11.8 Å². The van der Waals surface area contributed by atoms with Crippen molar-refractivity contribution in [3.63, 3.8) is 0 Å². The second kappa shape index (κ2) is 10.3. The first-order valence-corrected chi connectivity index (χ1v) is 9.94. The van der Waals surface area contributed by atoms with Crippen molar-refractivity contribution in [3.8, 4) is 0 Å². The maximum atomic E-state index is 12.0. The minimum absolute atomic E-state index is 0.0424. The second-order valence-corrected chi connectivity index (χ2v) is 7.03. The molecular weight excluding hydrogens is 366 g/mol. The molecule has 0 spiro atoms. The van der Waals surface area contributed by atoms with Gasteiger partial charge >= 0.3 is 0 Å². The number of hydrogen-bond acceptors (Lipinski definition) is 7. The largest absolute Gasteiger partial charge is 0.383 e. The van der Waals surface area contributed by atoms with Crippen LogP contribution in [-0.4, -0.2) is 73.0 Å². The molecule has 0 atom stereocenters. The molecule has 3 rings (SSSR count). The highest BCUT2D eigenvalue weighted by Gasteiger charge is 2.21. The molecule has 0 bridgehead atoms. The van der Waals surface area contributed by atoms with Gasteiger partial charge in [0.2, 0.25) is 11.9 Å². The predicted molar refractivity (Wildman–Crippen MR) is 104 cm³/mol. The van der Waals surface area contributed by atoms with E-state index in [1.54, 1.807) is 7.11 Å². The van der Waals surface area contributed by atoms with Crippen LogP contribution in [0.5, 0.6) is 0 Å². The fraction of sp³-hybridized carbons (Fsp3) is 0.500. The lowest BCUT2D eigenvalue weighted by atomic mass is 10.2. The van der Waals surface area contributed by atoms with Gasteiger partial charge in [0.1, 0.15) is 0 Å². The molecule has 1 aliphatic rings. The molecule has 9 heteroatoms. The SMILES string of the molecule is COCCNC(=O)CSc1nnc(N2CCOCC2)n1Cc1ccccc1. The van der Waals surface area contributed by atoms with Gasteiger partial charge in [0, 0.05) is 26.7 Å². The number of anilines is 1. The lowest BCUT2D eigenvalue weighted by molar-refractivity contribution is -0.118. The Labute approximate surface area is 163 Å². The summed E-state index contributed by atoms with van der Waals surface area (Å²) in [7, 11) is 1.61. The van der Waals surface area contributed by atoms with Gasteiger partial charge in [-0.25, -0.2) is 0 Å². The summed E-state index contributed by atoms with van der Waals surface area (Å²) in [6, 6.07) is 10.2. The average molecular weight is 391 g/mol. The molecule has 1 aromatic carbocycles. The summed E-state index contributed by atoms with van der Waals surface area (Å²) in [5.41, 5.74) is 1.17. The highest BCUT2D eigenvalue weighted by atomic mass is 32.2. The Kier molecular flexibility index (Phi) is 7.49. The van der Waals surface area contributed by atoms with E-state index in [9.17, 15) is 4.79 Å². The lowest BCUT2D eigenvalue weighted by Gasteiger charge is -2.28. The van der Waals surface area contributed by atoms with Gasteiger partial charge in [-0.1, -0.05) is 42.1 Å². The van der Waals surface area contributed by atoms with E-state index in [0.717, 1.165) is 24.2 Å². The van der Waals surface area contributed by atoms with Crippen LogP contribution in [0.4, 0.5) is 5.95 Å². The van der Waals surface area contributed by atoms with Gasteiger partial charge in [-0.15, -0.1) is 10.2 Å². The Morgan fingerprint density at radius 2 is 2.04 bits per heavy atom. The molecular formula is C18H25N5O3S. The Balaban J connectivity index is 1.72. The Hall–Kier alpha value is -2.10. The van der Waals surface area contributed by atoms with E-state index in [-0.39, 0.29) is 5.91 Å². The number of rotatable bonds is 9. The molecule has 0 unspecified atom stereocenters. The number of carbonyl (C=O) groups is 1. The van der Waals surface area contributed by atoms with Gasteiger partial charge in [0.15, 0.2) is 5.16 Å². The van der Waals surface area contributed by atoms with Gasteiger partial charge in [-0.05, 0) is 5.56 Å². The van der Waals surface area contributed by atoms with Crippen molar-refractivity contribution in [1.29, 1.82) is 0 Å². The van der Waals surface area contributed by atoms with Crippen molar-refractivity contribution in [2.24, 2.45) is 0 Å². The number of carbonyl (C=O) groups excluding carboxylic acids is 1. The van der Waals surface area contributed by atoms with Crippen LogP contribution < -0.4 is 10.2 Å². The molecule has 8 nitrogen and oxygen atoms in total. The highest BCUT2D eigenvalue weighted by Crippen LogP contribution is 2.24. The van der Waals surface area contributed by atoms with Crippen LogP contribution in [0.25, 0.3) is 0 Å². The molecule has 27 heavy (non-hydrogen) atoms. The summed E-state index contributed by atoms with van der Waals surface area (Å²) in [4.78, 5) is 14.2. The number of thioether (sulfide) groups is 1. The summed E-state index contributed by atoms with van der Waals surface area (Å²) in [5, 5.41) is 12.3. The van der Waals surface area contributed by atoms with E-state index >= 15 is 0 Å². The minimum Gasteiger partial charge on any atom is -0.383 e. The number of benzene rings is 1. The maximum absolute atomic E-state index is 12.0. The maximum Gasteiger partial charge on any atom is 0.230 e. The quantitative estimate of drug-likeness (QED) is 0.505. The summed E-state index contributed by atoms with van der Waals surface area (Å²) < 4.78 is 12.5. The molecule has 2 aromatic rings. The number of nitrogens with zero attached hydrogens (tertiary/aromatic N) is 4. The van der Waals surface area contributed by atoms with E-state index < -0.39 is 0 Å². The van der Waals surface area contributed by atoms with Crippen molar-refractivity contribution >= 4 is 23.6 Å². The molecule has 146 valence electrons. The van der Waals surface area contributed by atoms with E-state index in [1.807, 2.05) is 18.2 Å². The van der Waals surface area contributed by atoms with Crippen LogP contribution in [0.3, 0.4) is 0 Å². The number of aromatic nitrogens is 3. The zero-order valence-electron chi connectivity index (χ0n) is 15.5. The van der Waals surface area contributed by atoms with Crippen molar-refractivity contribution in [2.45, 2.75) is 11.7 Å². The van der Waals surface area contributed by atoms with Crippen molar-refractivity contribution < 1.29 is 14.3 Å². The standard InChI is InChI=1S/C18H25N5O3S/c1-25-10-7-19-16(24)14-27-18-21-20-17(22-8-11-26-12-9-22)23(18)13-15-5-3-2-4-6-15/h2-6H,7-14H2,1H3,(H,19,24). The van der Waals surface area contributed by atoms with Crippen LogP contribution in [0.2, 0.25) is 0 Å². The molecule has 1 fully saturated rings. The number of ether oxygens (including phenoxy) is 2. The molecule has 1 N–H and O–H groups in total. The van der Waals surface area contributed by atoms with Gasteiger partial charge < -0.3 is 19.7 Å². The number of amides is 1. The smallest absolute Gasteiger partial charge is 0.230 e. The predicted octanol–water partition coefficient (Wildman–Crippen LogP) is 1.02. The number of methoxy groups -OCH3 is 1. The Morgan fingerprint density at radius 1 is 1.26 bits per heavy atom. The highest BCUT2D eigenvalue weighted by molar-refractivity contribution is 7.99. The monoisotopic (exact) mass is 391 g/mol. The summed E-state index contributed by atoms with van der Waals surface area (Å²) >= 11 is 1.40. The first-order valence-electron chi connectivity index (χ1n) is 8.96. The first kappa shape index (κ1) is 19.7. The summed E-state index contributed by atoms with van der Waals surface area (Å²) in [6.07, 6.45) is 0. The molecule has 0 radical (unpaired) electrons. The van der Waals surface area contributed by atoms with Crippen LogP contribution in [-0.2, 0) is 20.8 Å². The molecule has 1 amide bonds. The third kappa shape index (κ3) is 5.69. The normalized spacial score (nSPS) is 14.3. The number of hydrogen-bond donors (Lipinski definition) is 1. The fourth-order valence-corrected chi connectivity index (χ4v) is 3.53.